The first-order valence-electron chi connectivity index (χ1n) is 12.2. The molecule has 0 radical (unpaired) electrons. The number of hydrogen-bond acceptors (Lipinski definition) is 9. The number of aromatic nitrogens is 6. The van der Waals surface area contributed by atoms with Gasteiger partial charge in [-0.05, 0) is 41.8 Å². The summed E-state index contributed by atoms with van der Waals surface area (Å²) in [5.74, 6) is 1.06. The van der Waals surface area contributed by atoms with Gasteiger partial charge >= 0.3 is 6.01 Å². The SMILES string of the molecule is CN=Cc1ncc(-c2ccc(-c3c(-c4ccc(Oc5nccc(C)n5)cc4)c4c(N)ncnc4n3C)cc2)s1. The summed E-state index contributed by atoms with van der Waals surface area (Å²) in [7, 11) is 3.74. The number of anilines is 1. The van der Waals surface area contributed by atoms with E-state index in [0.29, 0.717) is 17.6 Å². The fourth-order valence-corrected chi connectivity index (χ4v) is 5.40. The van der Waals surface area contributed by atoms with Gasteiger partial charge in [0.2, 0.25) is 0 Å². The highest BCUT2D eigenvalue weighted by molar-refractivity contribution is 7.16. The number of fused-ring (bicyclic) bond motifs is 1. The fourth-order valence-electron chi connectivity index (χ4n) is 4.55. The van der Waals surface area contributed by atoms with Crippen molar-refractivity contribution >= 4 is 34.4 Å². The molecule has 0 bridgehead atoms. The van der Waals surface area contributed by atoms with Crippen LogP contribution >= 0.6 is 11.3 Å². The van der Waals surface area contributed by atoms with Gasteiger partial charge in [-0.25, -0.2) is 24.9 Å². The van der Waals surface area contributed by atoms with E-state index in [-0.39, 0.29) is 0 Å². The standard InChI is InChI=1S/C29H24N8OS/c1-17-12-13-32-29(36-17)38-21-10-8-19(9-11-21)24-25-27(30)34-16-35-28(25)37(3)26(24)20-6-4-18(5-7-20)22-14-33-23(39-22)15-31-2/h4-16H,1-3H3,(H2,30,34,35). The third-order valence-corrected chi connectivity index (χ3v) is 7.31. The number of ether oxygens (including phenoxy) is 1. The number of nitrogens with zero attached hydrogens (tertiary/aromatic N) is 7. The first-order chi connectivity index (χ1) is 19.0. The van der Waals surface area contributed by atoms with Crippen LogP contribution < -0.4 is 10.5 Å². The molecule has 2 N–H and O–H groups in total. The number of nitrogen functional groups attached to an aromatic ring is 1. The highest BCUT2D eigenvalue weighted by Crippen LogP contribution is 2.42. The lowest BCUT2D eigenvalue weighted by Crippen LogP contribution is -1.95. The molecule has 192 valence electrons. The third kappa shape index (κ3) is 4.62. The summed E-state index contributed by atoms with van der Waals surface area (Å²) < 4.78 is 7.93. The first kappa shape index (κ1) is 24.4. The van der Waals surface area contributed by atoms with Crippen molar-refractivity contribution in [2.75, 3.05) is 12.8 Å². The Hall–Kier alpha value is -4.96. The molecule has 6 aromatic rings. The normalized spacial score (nSPS) is 11.5. The Labute approximate surface area is 228 Å². The van der Waals surface area contributed by atoms with Crippen LogP contribution in [0.1, 0.15) is 10.7 Å². The minimum Gasteiger partial charge on any atom is -0.424 e. The molecule has 39 heavy (non-hydrogen) atoms. The number of thiazole rings is 1. The van der Waals surface area contributed by atoms with E-state index in [1.807, 2.05) is 50.5 Å². The van der Waals surface area contributed by atoms with E-state index in [2.05, 4.69) is 58.7 Å². The molecule has 4 heterocycles. The van der Waals surface area contributed by atoms with Gasteiger partial charge in [-0.15, -0.1) is 11.3 Å². The second-order valence-electron chi connectivity index (χ2n) is 8.87. The third-order valence-electron chi connectivity index (χ3n) is 6.33. The van der Waals surface area contributed by atoms with E-state index in [4.69, 9.17) is 10.5 Å². The summed E-state index contributed by atoms with van der Waals surface area (Å²) in [6, 6.07) is 18.3. The van der Waals surface area contributed by atoms with Crippen molar-refractivity contribution in [2.24, 2.45) is 12.0 Å². The number of rotatable bonds is 6. The molecule has 0 amide bonds. The quantitative estimate of drug-likeness (QED) is 0.264. The predicted octanol–water partition coefficient (Wildman–Crippen LogP) is 5.95. The van der Waals surface area contributed by atoms with Crippen molar-refractivity contribution in [3.8, 4) is 44.6 Å². The van der Waals surface area contributed by atoms with Crippen LogP contribution in [0.5, 0.6) is 11.8 Å². The zero-order valence-corrected chi connectivity index (χ0v) is 22.3. The lowest BCUT2D eigenvalue weighted by atomic mass is 9.98. The highest BCUT2D eigenvalue weighted by atomic mass is 32.1. The molecule has 6 rings (SSSR count). The summed E-state index contributed by atoms with van der Waals surface area (Å²) in [6.07, 6.45) is 6.81. The zero-order chi connectivity index (χ0) is 26.9. The Balaban J connectivity index is 1.42. The van der Waals surface area contributed by atoms with Gasteiger partial charge in [0.1, 0.15) is 28.5 Å². The minimum atomic E-state index is 0.307. The summed E-state index contributed by atoms with van der Waals surface area (Å²) in [5.41, 5.74) is 13.0. The van der Waals surface area contributed by atoms with Crippen LogP contribution in [0.25, 0.3) is 43.9 Å². The van der Waals surface area contributed by atoms with Crippen molar-refractivity contribution in [1.29, 1.82) is 0 Å². The molecule has 0 aliphatic carbocycles. The van der Waals surface area contributed by atoms with Crippen LogP contribution in [0.2, 0.25) is 0 Å². The van der Waals surface area contributed by atoms with Crippen molar-refractivity contribution in [1.82, 2.24) is 29.5 Å². The molecular formula is C29H24N8OS. The van der Waals surface area contributed by atoms with Gasteiger partial charge in [0.15, 0.2) is 0 Å². The number of hydrogen-bond donors (Lipinski definition) is 1. The molecule has 0 fully saturated rings. The smallest absolute Gasteiger partial charge is 0.322 e. The maximum absolute atomic E-state index is 6.41. The van der Waals surface area contributed by atoms with Gasteiger partial charge in [0.05, 0.1) is 22.2 Å². The summed E-state index contributed by atoms with van der Waals surface area (Å²) in [6.45, 7) is 1.90. The average Bonchev–Trinajstić information content (AvgIpc) is 3.53. The van der Waals surface area contributed by atoms with Crippen molar-refractivity contribution in [2.45, 2.75) is 6.92 Å². The van der Waals surface area contributed by atoms with E-state index < -0.39 is 0 Å². The van der Waals surface area contributed by atoms with Gasteiger partial charge < -0.3 is 15.0 Å². The molecule has 0 atom stereocenters. The highest BCUT2D eigenvalue weighted by Gasteiger charge is 2.22. The van der Waals surface area contributed by atoms with Crippen molar-refractivity contribution < 1.29 is 4.74 Å². The molecule has 0 saturated heterocycles. The van der Waals surface area contributed by atoms with Crippen molar-refractivity contribution in [3.63, 3.8) is 0 Å². The second-order valence-corrected chi connectivity index (χ2v) is 9.94. The van der Waals surface area contributed by atoms with Crippen LogP contribution in [-0.2, 0) is 7.05 Å². The Morgan fingerprint density at radius 2 is 1.67 bits per heavy atom. The largest absolute Gasteiger partial charge is 0.424 e. The summed E-state index contributed by atoms with van der Waals surface area (Å²) in [4.78, 5) is 26.9. The Bertz CT molecular complexity index is 1820. The van der Waals surface area contributed by atoms with Crippen LogP contribution in [0.4, 0.5) is 5.82 Å². The average molecular weight is 533 g/mol. The van der Waals surface area contributed by atoms with Crippen LogP contribution in [0.3, 0.4) is 0 Å². The second kappa shape index (κ2) is 10.1. The number of aryl methyl sites for hydroxylation is 2. The lowest BCUT2D eigenvalue weighted by Gasteiger charge is -2.10. The van der Waals surface area contributed by atoms with E-state index in [1.165, 1.54) is 6.33 Å². The molecule has 4 aromatic heterocycles. The summed E-state index contributed by atoms with van der Waals surface area (Å²) >= 11 is 1.60. The maximum Gasteiger partial charge on any atom is 0.322 e. The van der Waals surface area contributed by atoms with Gasteiger partial charge in [0, 0.05) is 37.7 Å². The topological polar surface area (TPSA) is 117 Å². The number of nitrogens with two attached hydrogens (primary N) is 1. The Morgan fingerprint density at radius 3 is 2.41 bits per heavy atom. The van der Waals surface area contributed by atoms with E-state index in [9.17, 15) is 0 Å². The van der Waals surface area contributed by atoms with Crippen molar-refractivity contribution in [3.05, 3.63) is 84.0 Å². The minimum absolute atomic E-state index is 0.307. The molecule has 9 nitrogen and oxygen atoms in total. The fraction of sp³-hybridized carbons (Fsp3) is 0.103. The van der Waals surface area contributed by atoms with Gasteiger partial charge in [-0.3, -0.25) is 4.99 Å². The zero-order valence-electron chi connectivity index (χ0n) is 21.5. The molecule has 0 aliphatic rings. The Kier molecular flexibility index (Phi) is 6.29. The van der Waals surface area contributed by atoms with E-state index in [0.717, 1.165) is 54.6 Å². The van der Waals surface area contributed by atoms with Crippen LogP contribution in [0.15, 0.2) is 78.3 Å². The number of benzene rings is 2. The van der Waals surface area contributed by atoms with E-state index >= 15 is 0 Å². The van der Waals surface area contributed by atoms with Gasteiger partial charge in [-0.2, -0.15) is 0 Å². The van der Waals surface area contributed by atoms with Gasteiger partial charge in [0.25, 0.3) is 0 Å². The molecule has 0 aliphatic heterocycles. The first-order valence-corrected chi connectivity index (χ1v) is 13.0. The Morgan fingerprint density at radius 1 is 0.923 bits per heavy atom. The predicted molar refractivity (Wildman–Crippen MR) is 155 cm³/mol. The summed E-state index contributed by atoms with van der Waals surface area (Å²) in [5, 5.41) is 1.68. The lowest BCUT2D eigenvalue weighted by molar-refractivity contribution is 0.440. The maximum atomic E-state index is 6.41. The molecule has 0 saturated carbocycles. The molecule has 10 heteroatoms. The van der Waals surface area contributed by atoms with Crippen LogP contribution in [0, 0.1) is 6.92 Å². The van der Waals surface area contributed by atoms with Gasteiger partial charge in [-0.1, -0.05) is 36.4 Å². The van der Waals surface area contributed by atoms with E-state index in [1.54, 1.807) is 30.8 Å². The monoisotopic (exact) mass is 532 g/mol. The van der Waals surface area contributed by atoms with Crippen LogP contribution in [-0.4, -0.2) is 42.7 Å². The molecule has 0 spiro atoms. The molecule has 2 aromatic carbocycles. The molecular weight excluding hydrogens is 508 g/mol. The number of aliphatic imine (C=N–C) groups is 1. The molecule has 0 unspecified atom stereocenters.